The fourth-order valence-corrected chi connectivity index (χ4v) is 5.98. The van der Waals surface area contributed by atoms with Crippen LogP contribution in [0.4, 0.5) is 15.3 Å². The Morgan fingerprint density at radius 1 is 0.794 bits per heavy atom. The van der Waals surface area contributed by atoms with Gasteiger partial charge in [0.25, 0.3) is 10.0 Å². The molecule has 0 aromatic heterocycles. The van der Waals surface area contributed by atoms with Crippen LogP contribution in [0.25, 0.3) is 11.1 Å². The predicted molar refractivity (Wildman–Crippen MR) is 121 cm³/mol. The SMILES string of the molecule is Cc1ccccc1N(N(C(=O)O)S(=O)(=O)OC(=O)O)S(=O)(=O)c1ccccc1-c1ccccc1. The molecule has 178 valence electrons. The minimum Gasteiger partial charge on any atom is -0.463 e. The van der Waals surface area contributed by atoms with E-state index >= 15 is 0 Å². The summed E-state index contributed by atoms with van der Waals surface area (Å²) in [6.45, 7) is 1.42. The first-order valence-electron chi connectivity index (χ1n) is 9.42. The Hall–Kier alpha value is -4.10. The van der Waals surface area contributed by atoms with E-state index < -0.39 is 41.9 Å². The summed E-state index contributed by atoms with van der Waals surface area (Å²) in [5.41, 5.74) is 0.437. The van der Waals surface area contributed by atoms with Crippen molar-refractivity contribution in [3.63, 3.8) is 0 Å². The number of para-hydroxylation sites is 1. The van der Waals surface area contributed by atoms with E-state index in [2.05, 4.69) is 4.18 Å². The summed E-state index contributed by atoms with van der Waals surface area (Å²) in [4.78, 5) is 22.6. The zero-order chi connectivity index (χ0) is 25.1. The highest BCUT2D eigenvalue weighted by Gasteiger charge is 2.45. The number of aryl methyl sites for hydroxylation is 1. The minimum absolute atomic E-state index is 0.00921. The lowest BCUT2D eigenvalue weighted by Crippen LogP contribution is -2.53. The molecule has 2 N–H and O–H groups in total. The standard InChI is InChI=1S/C21H18N2O9S2/c1-15-9-5-7-13-18(15)22(23(20(24)25)34(30,31)32-21(26)27)33(28,29)19-14-8-6-12-17(19)16-10-3-2-4-11-16/h2-14H,1H3,(H,24,25)(H,26,27). The van der Waals surface area contributed by atoms with Gasteiger partial charge in [0.15, 0.2) is 0 Å². The molecule has 0 spiro atoms. The zero-order valence-corrected chi connectivity index (χ0v) is 19.1. The number of hydrogen-bond acceptors (Lipinski definition) is 7. The Morgan fingerprint density at radius 2 is 1.35 bits per heavy atom. The Morgan fingerprint density at radius 3 is 1.94 bits per heavy atom. The van der Waals surface area contributed by atoms with Crippen molar-refractivity contribution >= 4 is 38.3 Å². The second-order valence-electron chi connectivity index (χ2n) is 6.73. The first kappa shape index (κ1) is 24.5. The van der Waals surface area contributed by atoms with E-state index in [1.807, 2.05) is 0 Å². The molecule has 0 atom stereocenters. The molecule has 0 heterocycles. The molecule has 0 bridgehead atoms. The molecule has 0 aliphatic heterocycles. The number of nitrogens with zero attached hydrogens (tertiary/aromatic N) is 2. The highest BCUT2D eigenvalue weighted by molar-refractivity contribution is 7.94. The molecule has 0 aliphatic rings. The Kier molecular flexibility index (Phi) is 6.79. The van der Waals surface area contributed by atoms with Crippen molar-refractivity contribution < 1.29 is 40.8 Å². The summed E-state index contributed by atoms with van der Waals surface area (Å²) >= 11 is 0. The number of carbonyl (C=O) groups is 2. The summed E-state index contributed by atoms with van der Waals surface area (Å²) in [6, 6.07) is 19.3. The van der Waals surface area contributed by atoms with Crippen LogP contribution in [0.1, 0.15) is 5.56 Å². The fraction of sp³-hybridized carbons (Fsp3) is 0.0476. The van der Waals surface area contributed by atoms with Gasteiger partial charge in [0.2, 0.25) is 0 Å². The van der Waals surface area contributed by atoms with Crippen molar-refractivity contribution in [2.24, 2.45) is 0 Å². The Balaban J connectivity index is 2.36. The molecule has 3 aromatic carbocycles. The van der Waals surface area contributed by atoms with Crippen molar-refractivity contribution in [3.8, 4) is 11.1 Å². The van der Waals surface area contributed by atoms with Gasteiger partial charge in [0.05, 0.1) is 10.6 Å². The van der Waals surface area contributed by atoms with Gasteiger partial charge in [0, 0.05) is 5.56 Å². The number of amides is 1. The number of carboxylic acid groups (broad SMARTS) is 2. The number of hydrogen-bond donors (Lipinski definition) is 2. The molecule has 11 nitrogen and oxygen atoms in total. The van der Waals surface area contributed by atoms with E-state index in [4.69, 9.17) is 5.11 Å². The third-order valence-corrected chi connectivity index (χ3v) is 7.44. The molecule has 34 heavy (non-hydrogen) atoms. The summed E-state index contributed by atoms with van der Waals surface area (Å²) in [5, 5.41) is 18.5. The van der Waals surface area contributed by atoms with Crippen LogP contribution < -0.4 is 4.41 Å². The lowest BCUT2D eigenvalue weighted by molar-refractivity contribution is 0.138. The van der Waals surface area contributed by atoms with Crippen molar-refractivity contribution in [3.05, 3.63) is 84.4 Å². The van der Waals surface area contributed by atoms with Gasteiger partial charge in [0.1, 0.15) is 0 Å². The number of anilines is 1. The first-order chi connectivity index (χ1) is 16.0. The average Bonchev–Trinajstić information content (AvgIpc) is 2.77. The fourth-order valence-electron chi connectivity index (χ4n) is 3.13. The van der Waals surface area contributed by atoms with E-state index in [-0.39, 0.29) is 21.2 Å². The van der Waals surface area contributed by atoms with Crippen LogP contribution in [0, 0.1) is 6.92 Å². The van der Waals surface area contributed by atoms with E-state index in [0.717, 1.165) is 0 Å². The zero-order valence-electron chi connectivity index (χ0n) is 17.5. The molecule has 0 saturated heterocycles. The Labute approximate surface area is 195 Å². The highest BCUT2D eigenvalue weighted by Crippen LogP contribution is 2.35. The molecule has 0 radical (unpaired) electrons. The van der Waals surface area contributed by atoms with Gasteiger partial charge in [-0.2, -0.15) is 21.2 Å². The number of rotatable bonds is 7. The van der Waals surface area contributed by atoms with Gasteiger partial charge in [-0.15, -0.1) is 0 Å². The van der Waals surface area contributed by atoms with Crippen LogP contribution in [-0.2, 0) is 24.5 Å². The molecule has 0 unspecified atom stereocenters. The van der Waals surface area contributed by atoms with Crippen LogP contribution in [-0.4, -0.2) is 43.7 Å². The highest BCUT2D eigenvalue weighted by atomic mass is 32.2. The monoisotopic (exact) mass is 506 g/mol. The summed E-state index contributed by atoms with van der Waals surface area (Å²) in [7, 11) is -10.7. The molecule has 3 rings (SSSR count). The lowest BCUT2D eigenvalue weighted by Gasteiger charge is -2.32. The largest absolute Gasteiger partial charge is 0.523 e. The van der Waals surface area contributed by atoms with Crippen LogP contribution in [0.2, 0.25) is 0 Å². The van der Waals surface area contributed by atoms with Crippen LogP contribution in [0.5, 0.6) is 0 Å². The van der Waals surface area contributed by atoms with Crippen molar-refractivity contribution in [1.29, 1.82) is 0 Å². The van der Waals surface area contributed by atoms with E-state index in [1.165, 1.54) is 49.4 Å². The molecular weight excluding hydrogens is 488 g/mol. The van der Waals surface area contributed by atoms with Gasteiger partial charge in [-0.25, -0.2) is 9.59 Å². The third-order valence-electron chi connectivity index (χ3n) is 4.52. The predicted octanol–water partition coefficient (Wildman–Crippen LogP) is 3.69. The number of benzene rings is 3. The van der Waals surface area contributed by atoms with Crippen molar-refractivity contribution in [2.75, 3.05) is 4.41 Å². The van der Waals surface area contributed by atoms with Crippen LogP contribution >= 0.6 is 0 Å². The van der Waals surface area contributed by atoms with Crippen molar-refractivity contribution in [2.45, 2.75) is 11.8 Å². The maximum atomic E-state index is 13.9. The lowest BCUT2D eigenvalue weighted by atomic mass is 10.1. The molecule has 3 aromatic rings. The minimum atomic E-state index is -5.67. The molecule has 13 heteroatoms. The van der Waals surface area contributed by atoms with Gasteiger partial charge >= 0.3 is 22.6 Å². The van der Waals surface area contributed by atoms with E-state index in [0.29, 0.717) is 5.56 Å². The number of sulfonamides is 1. The van der Waals surface area contributed by atoms with Gasteiger partial charge in [-0.1, -0.05) is 71.1 Å². The average molecular weight is 507 g/mol. The van der Waals surface area contributed by atoms with E-state index in [9.17, 15) is 31.5 Å². The normalized spacial score (nSPS) is 11.4. The van der Waals surface area contributed by atoms with Crippen LogP contribution in [0.3, 0.4) is 0 Å². The smallest absolute Gasteiger partial charge is 0.463 e. The molecular formula is C21H18N2O9S2. The summed E-state index contributed by atoms with van der Waals surface area (Å²) in [5.74, 6) is 0. The van der Waals surface area contributed by atoms with Gasteiger partial charge < -0.3 is 10.2 Å². The van der Waals surface area contributed by atoms with Gasteiger partial charge in [-0.05, 0) is 30.2 Å². The second-order valence-corrected chi connectivity index (χ2v) is 9.83. The summed E-state index contributed by atoms with van der Waals surface area (Å²) < 4.78 is 56.1. The molecule has 0 saturated carbocycles. The van der Waals surface area contributed by atoms with Crippen LogP contribution in [0.15, 0.2) is 83.8 Å². The number of hydrazine groups is 1. The first-order valence-corrected chi connectivity index (χ1v) is 12.2. The second kappa shape index (κ2) is 9.41. The topological polar surface area (TPSA) is 159 Å². The van der Waals surface area contributed by atoms with E-state index in [1.54, 1.807) is 36.4 Å². The molecule has 0 fully saturated rings. The van der Waals surface area contributed by atoms with Crippen molar-refractivity contribution in [1.82, 2.24) is 4.41 Å². The summed E-state index contributed by atoms with van der Waals surface area (Å²) in [6.07, 6.45) is -4.66. The maximum absolute atomic E-state index is 13.9. The molecule has 1 amide bonds. The Bertz CT molecular complexity index is 1440. The van der Waals surface area contributed by atoms with Gasteiger partial charge in [-0.3, -0.25) is 4.18 Å². The molecule has 0 aliphatic carbocycles. The third kappa shape index (κ3) is 4.79. The maximum Gasteiger partial charge on any atom is 0.523 e. The quantitative estimate of drug-likeness (QED) is 0.456.